The van der Waals surface area contributed by atoms with E-state index in [1.54, 1.807) is 23.3 Å². The molecule has 1 aromatic carbocycles. The number of benzene rings is 1. The molecule has 0 unspecified atom stereocenters. The van der Waals surface area contributed by atoms with E-state index >= 15 is 0 Å². The van der Waals surface area contributed by atoms with Crippen molar-refractivity contribution in [3.63, 3.8) is 0 Å². The maximum absolute atomic E-state index is 12.0. The molecule has 21 heavy (non-hydrogen) atoms. The number of carbonyl (C=O) groups is 1. The van der Waals surface area contributed by atoms with Crippen LogP contribution in [0.4, 0.5) is 0 Å². The minimum Gasteiger partial charge on any atom is -0.493 e. The van der Waals surface area contributed by atoms with Crippen LogP contribution in [0.1, 0.15) is 30.5 Å². The number of aryl methyl sites for hydroxylation is 1. The third kappa shape index (κ3) is 3.24. The molecule has 2 aromatic rings. The van der Waals surface area contributed by atoms with Crippen molar-refractivity contribution in [2.45, 2.75) is 32.4 Å². The molecule has 0 saturated heterocycles. The van der Waals surface area contributed by atoms with Crippen molar-refractivity contribution in [3.05, 3.63) is 48.0 Å². The number of hydrogen-bond donors (Lipinski definition) is 1. The molecule has 5 nitrogen and oxygen atoms in total. The summed E-state index contributed by atoms with van der Waals surface area (Å²) in [6, 6.07) is 6.14. The molecule has 3 rings (SSSR count). The van der Waals surface area contributed by atoms with E-state index in [9.17, 15) is 4.79 Å². The molecule has 1 aliphatic heterocycles. The highest BCUT2D eigenvalue weighted by Gasteiger charge is 2.14. The Morgan fingerprint density at radius 3 is 3.24 bits per heavy atom. The lowest BCUT2D eigenvalue weighted by Crippen LogP contribution is -2.29. The maximum atomic E-state index is 12.0. The molecule has 0 aliphatic carbocycles. The zero-order chi connectivity index (χ0) is 14.7. The summed E-state index contributed by atoms with van der Waals surface area (Å²) in [6.45, 7) is 3.08. The van der Waals surface area contributed by atoms with Gasteiger partial charge in [0, 0.05) is 12.4 Å². The Kier molecular flexibility index (Phi) is 3.90. The zero-order valence-corrected chi connectivity index (χ0v) is 12.1. The molecular weight excluding hydrogens is 266 g/mol. The van der Waals surface area contributed by atoms with Crippen LogP contribution in [0.5, 0.6) is 5.75 Å². The molecule has 1 amide bonds. The minimum atomic E-state index is -0.0201. The second-order valence-electron chi connectivity index (χ2n) is 5.34. The van der Waals surface area contributed by atoms with E-state index in [0.717, 1.165) is 30.8 Å². The number of aromatic nitrogens is 2. The van der Waals surface area contributed by atoms with Crippen LogP contribution in [0.15, 0.2) is 36.9 Å². The number of hydrogen-bond acceptors (Lipinski definition) is 3. The molecule has 1 aliphatic rings. The van der Waals surface area contributed by atoms with Gasteiger partial charge in [0.15, 0.2) is 0 Å². The fourth-order valence-electron chi connectivity index (χ4n) is 2.57. The molecule has 1 aromatic heterocycles. The van der Waals surface area contributed by atoms with E-state index in [-0.39, 0.29) is 11.9 Å². The molecule has 2 heterocycles. The van der Waals surface area contributed by atoms with Gasteiger partial charge >= 0.3 is 0 Å². The number of nitrogens with one attached hydrogen (secondary N) is 1. The summed E-state index contributed by atoms with van der Waals surface area (Å²) >= 11 is 0. The summed E-state index contributed by atoms with van der Waals surface area (Å²) in [5.41, 5.74) is 2.34. The van der Waals surface area contributed by atoms with Crippen LogP contribution in [-0.2, 0) is 17.8 Å². The Hall–Kier alpha value is -2.30. The van der Waals surface area contributed by atoms with Crippen molar-refractivity contribution >= 4 is 5.91 Å². The second kappa shape index (κ2) is 5.99. The van der Waals surface area contributed by atoms with Crippen LogP contribution in [0.3, 0.4) is 0 Å². The molecule has 0 spiro atoms. The molecule has 5 heteroatoms. The van der Waals surface area contributed by atoms with Crippen molar-refractivity contribution in [1.29, 1.82) is 0 Å². The number of ether oxygens (including phenoxy) is 1. The van der Waals surface area contributed by atoms with E-state index in [2.05, 4.69) is 16.4 Å². The van der Waals surface area contributed by atoms with Crippen molar-refractivity contribution < 1.29 is 9.53 Å². The van der Waals surface area contributed by atoms with E-state index in [1.807, 2.05) is 19.1 Å². The van der Waals surface area contributed by atoms with E-state index in [0.29, 0.717) is 6.54 Å². The Labute approximate surface area is 124 Å². The summed E-state index contributed by atoms with van der Waals surface area (Å²) in [5, 5.41) is 3.01. The standard InChI is InChI=1S/C16H19N3O2/c1-12(18-16(20)10-19-7-6-17-11-19)13-4-5-15-14(9-13)3-2-8-21-15/h4-7,9,11-12H,2-3,8,10H2,1H3,(H,18,20)/t12-/m1/s1. The number of amides is 1. The first-order valence-electron chi connectivity index (χ1n) is 7.23. The summed E-state index contributed by atoms with van der Waals surface area (Å²) < 4.78 is 7.36. The third-order valence-corrected chi connectivity index (χ3v) is 3.70. The predicted octanol–water partition coefficient (Wildman–Crippen LogP) is 2.09. The van der Waals surface area contributed by atoms with Crippen LogP contribution in [-0.4, -0.2) is 22.1 Å². The van der Waals surface area contributed by atoms with Gasteiger partial charge < -0.3 is 14.6 Å². The first-order chi connectivity index (χ1) is 10.2. The number of nitrogens with zero attached hydrogens (tertiary/aromatic N) is 2. The van der Waals surface area contributed by atoms with Crippen LogP contribution in [0.2, 0.25) is 0 Å². The molecular formula is C16H19N3O2. The molecule has 1 N–H and O–H groups in total. The van der Waals surface area contributed by atoms with Gasteiger partial charge in [-0.1, -0.05) is 12.1 Å². The van der Waals surface area contributed by atoms with E-state index in [4.69, 9.17) is 4.74 Å². The van der Waals surface area contributed by atoms with Crippen molar-refractivity contribution in [2.75, 3.05) is 6.61 Å². The lowest BCUT2D eigenvalue weighted by atomic mass is 10.00. The Morgan fingerprint density at radius 2 is 2.43 bits per heavy atom. The number of fused-ring (bicyclic) bond motifs is 1. The van der Waals surface area contributed by atoms with Crippen molar-refractivity contribution in [1.82, 2.24) is 14.9 Å². The van der Waals surface area contributed by atoms with E-state index < -0.39 is 0 Å². The summed E-state index contributed by atoms with van der Waals surface area (Å²) in [5.74, 6) is 0.955. The summed E-state index contributed by atoms with van der Waals surface area (Å²) in [6.07, 6.45) is 7.18. The monoisotopic (exact) mass is 285 g/mol. The predicted molar refractivity (Wildman–Crippen MR) is 79.0 cm³/mol. The van der Waals surface area contributed by atoms with Gasteiger partial charge in [-0.25, -0.2) is 4.98 Å². The van der Waals surface area contributed by atoms with Crippen LogP contribution in [0.25, 0.3) is 0 Å². The molecule has 1 atom stereocenters. The molecule has 0 fully saturated rings. The molecule has 110 valence electrons. The highest BCUT2D eigenvalue weighted by atomic mass is 16.5. The van der Waals surface area contributed by atoms with Gasteiger partial charge in [-0.15, -0.1) is 0 Å². The minimum absolute atomic E-state index is 0.0190. The fraction of sp³-hybridized carbons (Fsp3) is 0.375. The van der Waals surface area contributed by atoms with Gasteiger partial charge in [0.2, 0.25) is 5.91 Å². The Morgan fingerprint density at radius 1 is 1.52 bits per heavy atom. The fourth-order valence-corrected chi connectivity index (χ4v) is 2.57. The quantitative estimate of drug-likeness (QED) is 0.935. The normalized spacial score (nSPS) is 14.9. The smallest absolute Gasteiger partial charge is 0.240 e. The number of carbonyl (C=O) groups excluding carboxylic acids is 1. The average Bonchev–Trinajstić information content (AvgIpc) is 2.99. The van der Waals surface area contributed by atoms with Gasteiger partial charge in [-0.3, -0.25) is 4.79 Å². The Bertz CT molecular complexity index is 622. The summed E-state index contributed by atoms with van der Waals surface area (Å²) in [4.78, 5) is 15.9. The Balaban J connectivity index is 1.64. The lowest BCUT2D eigenvalue weighted by Gasteiger charge is -2.20. The SMILES string of the molecule is C[C@@H](NC(=O)Cn1ccnc1)c1ccc2c(c1)CCCO2. The van der Waals surface area contributed by atoms with Crippen LogP contribution >= 0.6 is 0 Å². The third-order valence-electron chi connectivity index (χ3n) is 3.70. The van der Waals surface area contributed by atoms with Gasteiger partial charge in [-0.2, -0.15) is 0 Å². The van der Waals surface area contributed by atoms with Crippen molar-refractivity contribution in [3.8, 4) is 5.75 Å². The highest BCUT2D eigenvalue weighted by molar-refractivity contribution is 5.76. The average molecular weight is 285 g/mol. The molecule has 0 radical (unpaired) electrons. The van der Waals surface area contributed by atoms with Gasteiger partial charge in [0.05, 0.1) is 19.0 Å². The maximum Gasteiger partial charge on any atom is 0.240 e. The second-order valence-corrected chi connectivity index (χ2v) is 5.34. The lowest BCUT2D eigenvalue weighted by molar-refractivity contribution is -0.122. The topological polar surface area (TPSA) is 56.2 Å². The van der Waals surface area contributed by atoms with Crippen LogP contribution in [0, 0.1) is 0 Å². The van der Waals surface area contributed by atoms with E-state index in [1.165, 1.54) is 5.56 Å². The van der Waals surface area contributed by atoms with Gasteiger partial charge in [0.1, 0.15) is 12.3 Å². The molecule has 0 saturated carbocycles. The van der Waals surface area contributed by atoms with Gasteiger partial charge in [0.25, 0.3) is 0 Å². The largest absolute Gasteiger partial charge is 0.493 e. The van der Waals surface area contributed by atoms with Gasteiger partial charge in [-0.05, 0) is 37.0 Å². The number of rotatable bonds is 4. The first kappa shape index (κ1) is 13.7. The van der Waals surface area contributed by atoms with Crippen molar-refractivity contribution in [2.24, 2.45) is 0 Å². The highest BCUT2D eigenvalue weighted by Crippen LogP contribution is 2.27. The molecule has 0 bridgehead atoms. The summed E-state index contributed by atoms with van der Waals surface area (Å²) in [7, 11) is 0. The first-order valence-corrected chi connectivity index (χ1v) is 7.23. The van der Waals surface area contributed by atoms with Crippen LogP contribution < -0.4 is 10.1 Å². The zero-order valence-electron chi connectivity index (χ0n) is 12.1. The number of imidazole rings is 1.